The van der Waals surface area contributed by atoms with Crippen molar-refractivity contribution in [3.63, 3.8) is 0 Å². The maximum atomic E-state index is 13.4. The molecule has 1 N–H and O–H groups in total. The minimum Gasteiger partial charge on any atom is -0.507 e. The van der Waals surface area contributed by atoms with E-state index in [4.69, 9.17) is 14.2 Å². The second-order valence-corrected chi connectivity index (χ2v) is 9.51. The van der Waals surface area contributed by atoms with Crippen molar-refractivity contribution in [2.45, 2.75) is 19.4 Å². The molecular weight excluding hydrogens is 474 g/mol. The molecule has 37 heavy (non-hydrogen) atoms. The van der Waals surface area contributed by atoms with Crippen molar-refractivity contribution < 1.29 is 28.9 Å². The van der Waals surface area contributed by atoms with Crippen LogP contribution in [0.1, 0.15) is 30.5 Å². The topological polar surface area (TPSA) is 91.8 Å². The van der Waals surface area contributed by atoms with E-state index < -0.39 is 17.7 Å². The zero-order valence-electron chi connectivity index (χ0n) is 22.1. The van der Waals surface area contributed by atoms with Crippen LogP contribution in [0.5, 0.6) is 17.2 Å². The van der Waals surface area contributed by atoms with Crippen LogP contribution in [0.2, 0.25) is 0 Å². The van der Waals surface area contributed by atoms with Gasteiger partial charge >= 0.3 is 0 Å². The van der Waals surface area contributed by atoms with Gasteiger partial charge < -0.3 is 34.0 Å². The van der Waals surface area contributed by atoms with E-state index in [2.05, 4.69) is 0 Å². The van der Waals surface area contributed by atoms with Crippen molar-refractivity contribution in [1.29, 1.82) is 0 Å². The first-order valence-corrected chi connectivity index (χ1v) is 12.5. The van der Waals surface area contributed by atoms with Gasteiger partial charge in [0.05, 0.1) is 37.6 Å². The number of aliphatic hydroxyl groups excluding tert-OH is 1. The summed E-state index contributed by atoms with van der Waals surface area (Å²) in [5.41, 5.74) is 1.97. The molecule has 0 aromatic heterocycles. The summed E-state index contributed by atoms with van der Waals surface area (Å²) < 4.78 is 17.1. The zero-order chi connectivity index (χ0) is 26.7. The zero-order valence-corrected chi connectivity index (χ0v) is 22.1. The molecule has 1 unspecified atom stereocenters. The van der Waals surface area contributed by atoms with E-state index in [1.807, 2.05) is 37.9 Å². The number of Topliss-reactive ketones (excluding diaryl/α,β-unsaturated/α-hetero) is 1. The first-order valence-electron chi connectivity index (χ1n) is 12.5. The lowest BCUT2D eigenvalue weighted by molar-refractivity contribution is -0.140. The van der Waals surface area contributed by atoms with Crippen LogP contribution < -0.4 is 19.1 Å². The number of hydrogen-bond acceptors (Lipinski definition) is 8. The summed E-state index contributed by atoms with van der Waals surface area (Å²) in [7, 11) is 7.32. The number of methoxy groups -OCH3 is 1. The number of hydrogen-bond donors (Lipinski definition) is 1. The van der Waals surface area contributed by atoms with Gasteiger partial charge in [0, 0.05) is 25.7 Å². The summed E-state index contributed by atoms with van der Waals surface area (Å²) in [5, 5.41) is 11.5. The van der Waals surface area contributed by atoms with Gasteiger partial charge in [-0.05, 0) is 56.4 Å². The fourth-order valence-corrected chi connectivity index (χ4v) is 4.61. The number of rotatable bonds is 9. The molecule has 1 fully saturated rings. The van der Waals surface area contributed by atoms with Gasteiger partial charge in [0.2, 0.25) is 0 Å². The van der Waals surface area contributed by atoms with Crippen LogP contribution in [-0.4, -0.2) is 87.7 Å². The third kappa shape index (κ3) is 5.22. The molecular formula is C28H35N3O6. The maximum absolute atomic E-state index is 13.4. The predicted octanol–water partition coefficient (Wildman–Crippen LogP) is 3.30. The molecule has 1 amide bonds. The van der Waals surface area contributed by atoms with Gasteiger partial charge in [-0.25, -0.2) is 0 Å². The molecule has 0 spiro atoms. The summed E-state index contributed by atoms with van der Waals surface area (Å²) in [6, 6.07) is 9.85. The highest BCUT2D eigenvalue weighted by Crippen LogP contribution is 2.43. The lowest BCUT2D eigenvalue weighted by Gasteiger charge is -2.28. The second kappa shape index (κ2) is 11.1. The van der Waals surface area contributed by atoms with Crippen LogP contribution in [0, 0.1) is 0 Å². The Morgan fingerprint density at radius 3 is 2.65 bits per heavy atom. The lowest BCUT2D eigenvalue weighted by atomic mass is 9.94. The van der Waals surface area contributed by atoms with Gasteiger partial charge in [-0.1, -0.05) is 13.0 Å². The fourth-order valence-electron chi connectivity index (χ4n) is 4.61. The number of carbonyl (C=O) groups excluding carboxylic acids is 2. The average molecular weight is 510 g/mol. The standard InChI is InChI=1S/C28H35N3O6/c1-6-14-36-23-17-18(7-10-22(23)35-5)25-24(27(33)28(34)31(25)12-11-29(2)3)26(32)19-8-9-21-20(16-19)30(4)13-15-37-21/h7-10,16-17,25,32H,6,11-15H2,1-5H3/b26-24+. The molecule has 0 bridgehead atoms. The SMILES string of the molecule is CCCOc1cc(C2/C(=C(\O)c3ccc4c(c3)N(C)CCO4)C(=O)C(=O)N2CCN(C)C)ccc1OC. The van der Waals surface area contributed by atoms with Crippen molar-refractivity contribution in [3.8, 4) is 17.2 Å². The number of anilines is 1. The number of nitrogens with zero attached hydrogens (tertiary/aromatic N) is 3. The summed E-state index contributed by atoms with van der Waals surface area (Å²) in [5.74, 6) is 0.215. The average Bonchev–Trinajstić information content (AvgIpc) is 3.15. The Hall–Kier alpha value is -3.72. The van der Waals surface area contributed by atoms with Gasteiger partial charge in [0.15, 0.2) is 11.5 Å². The number of benzene rings is 2. The van der Waals surface area contributed by atoms with Crippen LogP contribution in [0.15, 0.2) is 42.0 Å². The number of likely N-dealkylation sites (N-methyl/N-ethyl adjacent to an activating group) is 2. The second-order valence-electron chi connectivity index (χ2n) is 9.51. The molecule has 9 nitrogen and oxygen atoms in total. The minimum absolute atomic E-state index is 0.0506. The molecule has 9 heteroatoms. The Kier molecular flexibility index (Phi) is 7.92. The maximum Gasteiger partial charge on any atom is 0.295 e. The molecule has 2 heterocycles. The van der Waals surface area contributed by atoms with E-state index in [1.165, 1.54) is 4.90 Å². The highest BCUT2D eigenvalue weighted by atomic mass is 16.5. The van der Waals surface area contributed by atoms with E-state index in [9.17, 15) is 14.7 Å². The Morgan fingerprint density at radius 1 is 1.16 bits per heavy atom. The van der Waals surface area contributed by atoms with Crippen molar-refractivity contribution >= 4 is 23.1 Å². The molecule has 198 valence electrons. The minimum atomic E-state index is -0.778. The highest BCUT2D eigenvalue weighted by molar-refractivity contribution is 6.46. The highest BCUT2D eigenvalue weighted by Gasteiger charge is 2.46. The van der Waals surface area contributed by atoms with Gasteiger partial charge in [-0.15, -0.1) is 0 Å². The Bertz CT molecular complexity index is 1210. The van der Waals surface area contributed by atoms with Crippen LogP contribution in [-0.2, 0) is 9.59 Å². The first-order chi connectivity index (χ1) is 17.8. The monoisotopic (exact) mass is 509 g/mol. The Morgan fingerprint density at radius 2 is 1.95 bits per heavy atom. The third-order valence-corrected chi connectivity index (χ3v) is 6.62. The smallest absolute Gasteiger partial charge is 0.295 e. The van der Waals surface area contributed by atoms with Crippen molar-refractivity contribution in [2.24, 2.45) is 0 Å². The van der Waals surface area contributed by atoms with Crippen LogP contribution in [0.25, 0.3) is 5.76 Å². The van der Waals surface area contributed by atoms with Crippen LogP contribution in [0.4, 0.5) is 5.69 Å². The summed E-state index contributed by atoms with van der Waals surface area (Å²) in [6.45, 7) is 4.65. The number of aliphatic hydroxyl groups is 1. The Labute approximate surface area is 217 Å². The largest absolute Gasteiger partial charge is 0.507 e. The first kappa shape index (κ1) is 26.3. The van der Waals surface area contributed by atoms with E-state index >= 15 is 0 Å². The fraction of sp³-hybridized carbons (Fsp3) is 0.429. The van der Waals surface area contributed by atoms with Gasteiger partial charge in [0.1, 0.15) is 18.1 Å². The van der Waals surface area contributed by atoms with E-state index in [1.54, 1.807) is 43.5 Å². The number of amides is 1. The molecule has 1 atom stereocenters. The molecule has 2 aromatic rings. The lowest BCUT2D eigenvalue weighted by Crippen LogP contribution is -2.35. The number of ketones is 1. The molecule has 2 aliphatic rings. The van der Waals surface area contributed by atoms with Gasteiger partial charge in [-0.3, -0.25) is 9.59 Å². The van der Waals surface area contributed by atoms with E-state index in [-0.39, 0.29) is 11.3 Å². The van der Waals surface area contributed by atoms with Crippen LogP contribution in [0.3, 0.4) is 0 Å². The van der Waals surface area contributed by atoms with Crippen LogP contribution >= 0.6 is 0 Å². The summed E-state index contributed by atoms with van der Waals surface area (Å²) >= 11 is 0. The molecule has 1 saturated heterocycles. The number of ether oxygens (including phenoxy) is 3. The molecule has 4 rings (SSSR count). The summed E-state index contributed by atoms with van der Waals surface area (Å²) in [4.78, 5) is 32.1. The molecule has 2 aromatic carbocycles. The van der Waals surface area contributed by atoms with Crippen molar-refractivity contribution in [1.82, 2.24) is 9.80 Å². The number of fused-ring (bicyclic) bond motifs is 1. The molecule has 0 saturated carbocycles. The quantitative estimate of drug-likeness (QED) is 0.313. The molecule has 0 aliphatic carbocycles. The number of carbonyl (C=O) groups is 2. The van der Waals surface area contributed by atoms with Gasteiger partial charge in [0.25, 0.3) is 11.7 Å². The Balaban J connectivity index is 1.85. The summed E-state index contributed by atoms with van der Waals surface area (Å²) in [6.07, 6.45) is 0.811. The molecule has 2 aliphatic heterocycles. The number of likely N-dealkylation sites (tertiary alicyclic amines) is 1. The van der Waals surface area contributed by atoms with E-state index in [0.29, 0.717) is 61.2 Å². The normalized spacial score (nSPS) is 18.7. The third-order valence-electron chi connectivity index (χ3n) is 6.62. The molecule has 0 radical (unpaired) electrons. The van der Waals surface area contributed by atoms with Crippen molar-refractivity contribution in [3.05, 3.63) is 53.1 Å². The predicted molar refractivity (Wildman–Crippen MR) is 142 cm³/mol. The van der Waals surface area contributed by atoms with Crippen molar-refractivity contribution in [2.75, 3.05) is 66.0 Å². The van der Waals surface area contributed by atoms with Gasteiger partial charge in [-0.2, -0.15) is 0 Å². The van der Waals surface area contributed by atoms with E-state index in [0.717, 1.165) is 12.1 Å².